The van der Waals surface area contributed by atoms with E-state index < -0.39 is 11.5 Å². The van der Waals surface area contributed by atoms with Crippen LogP contribution in [0.5, 0.6) is 0 Å². The third kappa shape index (κ3) is 3.53. The van der Waals surface area contributed by atoms with Gasteiger partial charge in [-0.2, -0.15) is 0 Å². The maximum Gasteiger partial charge on any atom is 0.323 e. The van der Waals surface area contributed by atoms with E-state index in [2.05, 4.69) is 10.2 Å². The van der Waals surface area contributed by atoms with E-state index in [-0.39, 0.29) is 5.41 Å². The molecule has 6 nitrogen and oxygen atoms in total. The van der Waals surface area contributed by atoms with Crippen molar-refractivity contribution in [1.82, 2.24) is 15.1 Å². The lowest BCUT2D eigenvalue weighted by molar-refractivity contribution is -0.149. The molecule has 1 rings (SSSR count). The minimum absolute atomic E-state index is 0.204. The van der Waals surface area contributed by atoms with Crippen molar-refractivity contribution in [2.45, 2.75) is 59.0 Å². The second-order valence-corrected chi connectivity index (χ2v) is 6.13. The van der Waals surface area contributed by atoms with Crippen LogP contribution in [0.1, 0.15) is 53.3 Å². The van der Waals surface area contributed by atoms with Gasteiger partial charge in [-0.1, -0.05) is 27.7 Å². The zero-order chi connectivity index (χ0) is 14.8. The van der Waals surface area contributed by atoms with Gasteiger partial charge in [0, 0.05) is 5.41 Å². The Balaban J connectivity index is 2.88. The zero-order valence-corrected chi connectivity index (χ0v) is 12.5. The van der Waals surface area contributed by atoms with E-state index in [0.717, 1.165) is 0 Å². The molecule has 1 heterocycles. The van der Waals surface area contributed by atoms with Gasteiger partial charge in [-0.05, 0) is 20.4 Å². The Morgan fingerprint density at radius 1 is 1.26 bits per heavy atom. The molecule has 19 heavy (non-hydrogen) atoms. The van der Waals surface area contributed by atoms with Crippen molar-refractivity contribution in [3.8, 4) is 0 Å². The summed E-state index contributed by atoms with van der Waals surface area (Å²) in [6.45, 7) is 12.1. The minimum Gasteiger partial charge on any atom is -0.480 e. The predicted molar refractivity (Wildman–Crippen MR) is 70.8 cm³/mol. The van der Waals surface area contributed by atoms with Gasteiger partial charge >= 0.3 is 5.97 Å². The number of hydrogen-bond acceptors (Lipinski definition) is 5. The molecule has 0 radical (unpaired) electrons. The molecule has 1 N–H and O–H groups in total. The molecule has 0 saturated heterocycles. The number of aromatic nitrogens is 2. The van der Waals surface area contributed by atoms with Crippen LogP contribution < -0.4 is 0 Å². The van der Waals surface area contributed by atoms with Crippen LogP contribution in [0.4, 0.5) is 0 Å². The monoisotopic (exact) mass is 269 g/mol. The smallest absolute Gasteiger partial charge is 0.323 e. The van der Waals surface area contributed by atoms with Gasteiger partial charge in [-0.3, -0.25) is 9.69 Å². The highest BCUT2D eigenvalue weighted by molar-refractivity contribution is 5.77. The Labute approximate surface area is 113 Å². The highest BCUT2D eigenvalue weighted by Gasteiger charge is 2.34. The number of aliphatic carboxylic acids is 1. The third-order valence-electron chi connectivity index (χ3n) is 3.13. The third-order valence-corrected chi connectivity index (χ3v) is 3.13. The Kier molecular flexibility index (Phi) is 4.35. The summed E-state index contributed by atoms with van der Waals surface area (Å²) in [7, 11) is 0. The molecule has 108 valence electrons. The van der Waals surface area contributed by atoms with E-state index >= 15 is 0 Å². The number of rotatable bonds is 5. The Morgan fingerprint density at radius 2 is 1.84 bits per heavy atom. The van der Waals surface area contributed by atoms with Crippen LogP contribution in [0.2, 0.25) is 0 Å². The van der Waals surface area contributed by atoms with Crippen molar-refractivity contribution in [1.29, 1.82) is 0 Å². The van der Waals surface area contributed by atoms with Gasteiger partial charge in [-0.15, -0.1) is 10.2 Å². The van der Waals surface area contributed by atoms with E-state index in [4.69, 9.17) is 4.42 Å². The van der Waals surface area contributed by atoms with Crippen molar-refractivity contribution < 1.29 is 14.3 Å². The van der Waals surface area contributed by atoms with Crippen molar-refractivity contribution in [2.24, 2.45) is 0 Å². The molecular formula is C13H23N3O3. The SMILES string of the molecule is CCN(Cc1nnc(C(C)(C)C)o1)C(C)(C)C(=O)O. The molecule has 1 aromatic heterocycles. The van der Waals surface area contributed by atoms with Crippen LogP contribution >= 0.6 is 0 Å². The summed E-state index contributed by atoms with van der Waals surface area (Å²) in [6.07, 6.45) is 0. The van der Waals surface area contributed by atoms with Crippen molar-refractivity contribution in [3.63, 3.8) is 0 Å². The molecular weight excluding hydrogens is 246 g/mol. The average molecular weight is 269 g/mol. The van der Waals surface area contributed by atoms with Crippen LogP contribution in [0, 0.1) is 0 Å². The lowest BCUT2D eigenvalue weighted by atomic mass is 9.97. The number of carboxylic acid groups (broad SMARTS) is 1. The van der Waals surface area contributed by atoms with E-state index in [1.165, 1.54) is 0 Å². The lowest BCUT2D eigenvalue weighted by Crippen LogP contribution is -2.49. The zero-order valence-electron chi connectivity index (χ0n) is 12.5. The highest BCUT2D eigenvalue weighted by Crippen LogP contribution is 2.22. The number of likely N-dealkylation sites (N-methyl/N-ethyl adjacent to an activating group) is 1. The summed E-state index contributed by atoms with van der Waals surface area (Å²) < 4.78 is 5.60. The van der Waals surface area contributed by atoms with Crippen LogP contribution in [-0.4, -0.2) is 38.3 Å². The first-order valence-corrected chi connectivity index (χ1v) is 6.40. The Hall–Kier alpha value is -1.43. The molecule has 0 aliphatic heterocycles. The Bertz CT molecular complexity index is 446. The summed E-state index contributed by atoms with van der Waals surface area (Å²) in [6, 6.07) is 0. The van der Waals surface area contributed by atoms with E-state index in [1.54, 1.807) is 18.7 Å². The molecule has 0 aromatic carbocycles. The molecule has 0 aliphatic carbocycles. The fraction of sp³-hybridized carbons (Fsp3) is 0.769. The molecule has 0 aliphatic rings. The first kappa shape index (κ1) is 15.6. The predicted octanol–water partition coefficient (Wildman–Crippen LogP) is 2.05. The molecule has 0 bridgehead atoms. The molecule has 0 fully saturated rings. The summed E-state index contributed by atoms with van der Waals surface area (Å²) in [5.74, 6) is 0.137. The van der Waals surface area contributed by atoms with Crippen molar-refractivity contribution in [3.05, 3.63) is 11.8 Å². The highest BCUT2D eigenvalue weighted by atomic mass is 16.4. The van der Waals surface area contributed by atoms with Gasteiger partial charge in [0.05, 0.1) is 6.54 Å². The second-order valence-electron chi connectivity index (χ2n) is 6.13. The van der Waals surface area contributed by atoms with Gasteiger partial charge in [0.1, 0.15) is 5.54 Å². The number of carbonyl (C=O) groups is 1. The molecule has 6 heteroatoms. The number of carboxylic acids is 1. The summed E-state index contributed by atoms with van der Waals surface area (Å²) in [5, 5.41) is 17.2. The number of hydrogen-bond donors (Lipinski definition) is 1. The van der Waals surface area contributed by atoms with Crippen molar-refractivity contribution in [2.75, 3.05) is 6.54 Å². The topological polar surface area (TPSA) is 79.5 Å². The normalized spacial score (nSPS) is 13.0. The molecule has 0 amide bonds. The standard InChI is InChI=1S/C13H23N3O3/c1-7-16(13(5,6)11(17)18)8-9-14-15-10(19-9)12(2,3)4/h7-8H2,1-6H3,(H,17,18). The maximum absolute atomic E-state index is 11.3. The molecule has 0 saturated carbocycles. The largest absolute Gasteiger partial charge is 0.480 e. The van der Waals surface area contributed by atoms with Gasteiger partial charge < -0.3 is 9.52 Å². The van der Waals surface area contributed by atoms with Crippen LogP contribution in [-0.2, 0) is 16.8 Å². The summed E-state index contributed by atoms with van der Waals surface area (Å²) in [5.41, 5.74) is -1.17. The second kappa shape index (κ2) is 5.28. The Morgan fingerprint density at radius 3 is 2.21 bits per heavy atom. The average Bonchev–Trinajstić information content (AvgIpc) is 2.73. The van der Waals surface area contributed by atoms with Crippen LogP contribution in [0.25, 0.3) is 0 Å². The first-order valence-electron chi connectivity index (χ1n) is 6.40. The maximum atomic E-state index is 11.3. The molecule has 0 spiro atoms. The molecule has 0 atom stereocenters. The fourth-order valence-electron chi connectivity index (χ4n) is 1.62. The van der Waals surface area contributed by atoms with Gasteiger partial charge in [0.25, 0.3) is 0 Å². The van der Waals surface area contributed by atoms with Gasteiger partial charge in [0.2, 0.25) is 11.8 Å². The lowest BCUT2D eigenvalue weighted by Gasteiger charge is -2.32. The van der Waals surface area contributed by atoms with E-state index in [1.807, 2.05) is 27.7 Å². The van der Waals surface area contributed by atoms with Crippen LogP contribution in [0.3, 0.4) is 0 Å². The van der Waals surface area contributed by atoms with Gasteiger partial charge in [-0.25, -0.2) is 0 Å². The minimum atomic E-state index is -0.967. The van der Waals surface area contributed by atoms with Gasteiger partial charge in [0.15, 0.2) is 0 Å². The van der Waals surface area contributed by atoms with E-state index in [0.29, 0.717) is 24.9 Å². The fourth-order valence-corrected chi connectivity index (χ4v) is 1.62. The van der Waals surface area contributed by atoms with Crippen molar-refractivity contribution >= 4 is 5.97 Å². The first-order chi connectivity index (χ1) is 8.59. The summed E-state index contributed by atoms with van der Waals surface area (Å²) in [4.78, 5) is 13.1. The molecule has 0 unspecified atom stereocenters. The molecule has 1 aromatic rings. The quantitative estimate of drug-likeness (QED) is 0.881. The number of nitrogens with zero attached hydrogens (tertiary/aromatic N) is 3. The van der Waals surface area contributed by atoms with Crippen LogP contribution in [0.15, 0.2) is 4.42 Å². The summed E-state index contributed by atoms with van der Waals surface area (Å²) >= 11 is 0. The van der Waals surface area contributed by atoms with E-state index in [9.17, 15) is 9.90 Å².